The Kier molecular flexibility index (Phi) is 6.95. The molecule has 0 bridgehead atoms. The quantitative estimate of drug-likeness (QED) is 0.555. The number of rotatable bonds is 7. The molecule has 1 heterocycles. The van der Waals surface area contributed by atoms with E-state index in [0.29, 0.717) is 11.3 Å². The predicted octanol–water partition coefficient (Wildman–Crippen LogP) is 4.36. The van der Waals surface area contributed by atoms with Gasteiger partial charge in [0.05, 0.1) is 17.0 Å². The summed E-state index contributed by atoms with van der Waals surface area (Å²) in [6.45, 7) is 7.94. The van der Waals surface area contributed by atoms with Gasteiger partial charge in [0.25, 0.3) is 5.91 Å². The molecule has 30 heavy (non-hydrogen) atoms. The SMILES string of the molecule is Cc1ccc(-n2ccnc2SCC(=O)Nc2ccccc2C(=O)NC(C)C)cc1C. The molecule has 0 aliphatic rings. The van der Waals surface area contributed by atoms with Gasteiger partial charge in [0.1, 0.15) is 0 Å². The standard InChI is InChI=1S/C23H26N4O2S/c1-15(2)25-22(29)19-7-5-6-8-20(19)26-21(28)14-30-23-24-11-12-27(23)18-10-9-16(3)17(4)13-18/h5-13,15H,14H2,1-4H3,(H,25,29)(H,26,28). The van der Waals surface area contributed by atoms with Crippen LogP contribution < -0.4 is 10.6 Å². The van der Waals surface area contributed by atoms with Crippen molar-refractivity contribution in [2.75, 3.05) is 11.1 Å². The molecule has 7 heteroatoms. The smallest absolute Gasteiger partial charge is 0.253 e. The molecule has 2 amide bonds. The van der Waals surface area contributed by atoms with E-state index >= 15 is 0 Å². The molecule has 2 N–H and O–H groups in total. The van der Waals surface area contributed by atoms with Crippen LogP contribution in [0.4, 0.5) is 5.69 Å². The molecule has 0 unspecified atom stereocenters. The van der Waals surface area contributed by atoms with Crippen LogP contribution in [0.3, 0.4) is 0 Å². The van der Waals surface area contributed by atoms with Crippen molar-refractivity contribution in [3.8, 4) is 5.69 Å². The van der Waals surface area contributed by atoms with E-state index in [9.17, 15) is 9.59 Å². The molecule has 0 saturated carbocycles. The molecule has 0 aliphatic heterocycles. The summed E-state index contributed by atoms with van der Waals surface area (Å²) >= 11 is 1.35. The number of imidazole rings is 1. The number of nitrogens with zero attached hydrogens (tertiary/aromatic N) is 2. The van der Waals surface area contributed by atoms with Crippen LogP contribution in [0.5, 0.6) is 0 Å². The second-order valence-electron chi connectivity index (χ2n) is 7.36. The maximum Gasteiger partial charge on any atom is 0.253 e. The Morgan fingerprint density at radius 3 is 2.60 bits per heavy atom. The molecule has 156 valence electrons. The van der Waals surface area contributed by atoms with Gasteiger partial charge in [0, 0.05) is 24.1 Å². The van der Waals surface area contributed by atoms with Gasteiger partial charge in [-0.3, -0.25) is 14.2 Å². The topological polar surface area (TPSA) is 76.0 Å². The third-order valence-corrected chi connectivity index (χ3v) is 5.54. The normalized spacial score (nSPS) is 10.8. The van der Waals surface area contributed by atoms with Crippen molar-refractivity contribution in [2.24, 2.45) is 0 Å². The Bertz CT molecular complexity index is 1060. The lowest BCUT2D eigenvalue weighted by molar-refractivity contribution is -0.113. The summed E-state index contributed by atoms with van der Waals surface area (Å²) in [6.07, 6.45) is 3.61. The number of amides is 2. The van der Waals surface area contributed by atoms with Gasteiger partial charge < -0.3 is 10.6 Å². The molecule has 1 aromatic heterocycles. The highest BCUT2D eigenvalue weighted by Crippen LogP contribution is 2.23. The fourth-order valence-electron chi connectivity index (χ4n) is 2.91. The van der Waals surface area contributed by atoms with Crippen LogP contribution >= 0.6 is 11.8 Å². The highest BCUT2D eigenvalue weighted by atomic mass is 32.2. The number of hydrogen-bond donors (Lipinski definition) is 2. The maximum atomic E-state index is 12.6. The van der Waals surface area contributed by atoms with Crippen LogP contribution in [-0.2, 0) is 4.79 Å². The third kappa shape index (κ3) is 5.30. The zero-order valence-corrected chi connectivity index (χ0v) is 18.4. The first-order valence-corrected chi connectivity index (χ1v) is 10.8. The summed E-state index contributed by atoms with van der Waals surface area (Å²) in [5.41, 5.74) is 4.38. The Morgan fingerprint density at radius 1 is 1.10 bits per heavy atom. The van der Waals surface area contributed by atoms with Gasteiger partial charge in [-0.05, 0) is 63.1 Å². The summed E-state index contributed by atoms with van der Waals surface area (Å²) in [5, 5.41) is 6.43. The Morgan fingerprint density at radius 2 is 1.87 bits per heavy atom. The largest absolute Gasteiger partial charge is 0.350 e. The first-order valence-electron chi connectivity index (χ1n) is 9.78. The van der Waals surface area contributed by atoms with Crippen LogP contribution in [0.2, 0.25) is 0 Å². The van der Waals surface area contributed by atoms with E-state index in [4.69, 9.17) is 0 Å². The first-order chi connectivity index (χ1) is 14.3. The number of nitrogens with one attached hydrogen (secondary N) is 2. The number of aryl methyl sites for hydroxylation is 2. The summed E-state index contributed by atoms with van der Waals surface area (Å²) in [7, 11) is 0. The predicted molar refractivity (Wildman–Crippen MR) is 121 cm³/mol. The van der Waals surface area contributed by atoms with Crippen LogP contribution in [0.15, 0.2) is 60.0 Å². The average molecular weight is 423 g/mol. The zero-order valence-electron chi connectivity index (χ0n) is 17.6. The summed E-state index contributed by atoms with van der Waals surface area (Å²) in [6, 6.07) is 13.2. The van der Waals surface area contributed by atoms with Crippen molar-refractivity contribution in [1.82, 2.24) is 14.9 Å². The molecule has 0 spiro atoms. The summed E-state index contributed by atoms with van der Waals surface area (Å²) in [4.78, 5) is 29.3. The number of para-hydroxylation sites is 1. The minimum Gasteiger partial charge on any atom is -0.350 e. The second kappa shape index (κ2) is 9.63. The molecule has 0 saturated heterocycles. The van der Waals surface area contributed by atoms with E-state index in [2.05, 4.69) is 41.6 Å². The van der Waals surface area contributed by atoms with Gasteiger partial charge in [-0.1, -0.05) is 30.0 Å². The molecule has 0 atom stereocenters. The zero-order chi connectivity index (χ0) is 21.7. The minimum atomic E-state index is -0.209. The average Bonchev–Trinajstić information content (AvgIpc) is 3.17. The molecular formula is C23H26N4O2S. The number of carbonyl (C=O) groups excluding carboxylic acids is 2. The summed E-state index contributed by atoms with van der Waals surface area (Å²) in [5.74, 6) is -0.222. The van der Waals surface area contributed by atoms with Crippen LogP contribution in [0, 0.1) is 13.8 Å². The lowest BCUT2D eigenvalue weighted by Crippen LogP contribution is -2.31. The summed E-state index contributed by atoms with van der Waals surface area (Å²) < 4.78 is 1.97. The molecule has 0 radical (unpaired) electrons. The number of hydrogen-bond acceptors (Lipinski definition) is 4. The van der Waals surface area contributed by atoms with Gasteiger partial charge in [-0.2, -0.15) is 0 Å². The molecule has 3 aromatic rings. The van der Waals surface area contributed by atoms with Crippen molar-refractivity contribution in [1.29, 1.82) is 0 Å². The number of benzene rings is 2. The lowest BCUT2D eigenvalue weighted by Gasteiger charge is -2.13. The van der Waals surface area contributed by atoms with E-state index in [0.717, 1.165) is 10.8 Å². The molecule has 0 aliphatic carbocycles. The molecule has 6 nitrogen and oxygen atoms in total. The van der Waals surface area contributed by atoms with Crippen molar-refractivity contribution in [3.05, 3.63) is 71.5 Å². The monoisotopic (exact) mass is 422 g/mol. The fourth-order valence-corrected chi connectivity index (χ4v) is 3.69. The second-order valence-corrected chi connectivity index (χ2v) is 8.30. The van der Waals surface area contributed by atoms with E-state index in [1.54, 1.807) is 30.5 Å². The molecule has 0 fully saturated rings. The van der Waals surface area contributed by atoms with Crippen molar-refractivity contribution < 1.29 is 9.59 Å². The molecular weight excluding hydrogens is 396 g/mol. The molecule has 3 rings (SSSR count). The van der Waals surface area contributed by atoms with Gasteiger partial charge >= 0.3 is 0 Å². The van der Waals surface area contributed by atoms with Gasteiger partial charge in [0.15, 0.2) is 5.16 Å². The van der Waals surface area contributed by atoms with E-state index in [-0.39, 0.29) is 23.6 Å². The fraction of sp³-hybridized carbons (Fsp3) is 0.261. The van der Waals surface area contributed by atoms with Gasteiger partial charge in [-0.25, -0.2) is 4.98 Å². The number of anilines is 1. The van der Waals surface area contributed by atoms with Crippen LogP contribution in [-0.4, -0.2) is 33.2 Å². The Hall–Kier alpha value is -3.06. The first kappa shape index (κ1) is 21.6. The van der Waals surface area contributed by atoms with Gasteiger partial charge in [-0.15, -0.1) is 0 Å². The molecule has 2 aromatic carbocycles. The van der Waals surface area contributed by atoms with E-state index in [1.165, 1.54) is 22.9 Å². The Labute approximate surface area is 181 Å². The van der Waals surface area contributed by atoms with Crippen molar-refractivity contribution in [3.63, 3.8) is 0 Å². The van der Waals surface area contributed by atoms with Crippen molar-refractivity contribution >= 4 is 29.3 Å². The highest BCUT2D eigenvalue weighted by Gasteiger charge is 2.15. The lowest BCUT2D eigenvalue weighted by atomic mass is 10.1. The van der Waals surface area contributed by atoms with Crippen LogP contribution in [0.25, 0.3) is 5.69 Å². The Balaban J connectivity index is 1.68. The van der Waals surface area contributed by atoms with Gasteiger partial charge in [0.2, 0.25) is 5.91 Å². The van der Waals surface area contributed by atoms with Crippen LogP contribution in [0.1, 0.15) is 35.3 Å². The number of thioether (sulfide) groups is 1. The number of aromatic nitrogens is 2. The number of carbonyl (C=O) groups is 2. The van der Waals surface area contributed by atoms with E-state index in [1.807, 2.05) is 30.7 Å². The van der Waals surface area contributed by atoms with Crippen molar-refractivity contribution in [2.45, 2.75) is 38.9 Å². The highest BCUT2D eigenvalue weighted by molar-refractivity contribution is 7.99. The van der Waals surface area contributed by atoms with E-state index < -0.39 is 0 Å². The minimum absolute atomic E-state index is 0.0149. The third-order valence-electron chi connectivity index (χ3n) is 4.57. The maximum absolute atomic E-state index is 12.6.